The highest BCUT2D eigenvalue weighted by molar-refractivity contribution is 5.90. The van der Waals surface area contributed by atoms with Crippen LogP contribution >= 0.6 is 0 Å². The summed E-state index contributed by atoms with van der Waals surface area (Å²) in [5.74, 6) is 0.356. The van der Waals surface area contributed by atoms with Gasteiger partial charge in [-0.15, -0.1) is 0 Å². The summed E-state index contributed by atoms with van der Waals surface area (Å²) in [5, 5.41) is 0. The van der Waals surface area contributed by atoms with Crippen molar-refractivity contribution >= 4 is 5.97 Å². The van der Waals surface area contributed by atoms with E-state index < -0.39 is 0 Å². The van der Waals surface area contributed by atoms with Gasteiger partial charge in [0.1, 0.15) is 11.9 Å². The lowest BCUT2D eigenvalue weighted by molar-refractivity contribution is -0.591. The standard InChI is InChI=1S/C27H23N2O2/c1-2-31-27(30)24-18-23(19-10-4-3-5-11-19)22-16-15-20-12-6-7-13-21(20)26(22)29(24)25-14-8-9-17-28-25/h3-14,17-18H,2,15-16H2,1H3/q+1. The molecule has 5 rings (SSSR count). The van der Waals surface area contributed by atoms with Crippen LogP contribution in [0.4, 0.5) is 0 Å². The number of aryl methyl sites for hydroxylation is 1. The third-order valence-electron chi connectivity index (χ3n) is 5.72. The van der Waals surface area contributed by atoms with Gasteiger partial charge in [0, 0.05) is 23.3 Å². The maximum absolute atomic E-state index is 13.1. The van der Waals surface area contributed by atoms with Crippen molar-refractivity contribution in [3.05, 3.63) is 102 Å². The van der Waals surface area contributed by atoms with E-state index in [4.69, 9.17) is 4.74 Å². The Bertz CT molecular complexity index is 1250. The number of carbonyl (C=O) groups excluding carboxylic acids is 1. The molecule has 0 amide bonds. The summed E-state index contributed by atoms with van der Waals surface area (Å²) in [7, 11) is 0. The molecule has 0 atom stereocenters. The second kappa shape index (κ2) is 8.15. The Balaban J connectivity index is 1.91. The smallest absolute Gasteiger partial charge is 0.378 e. The largest absolute Gasteiger partial charge is 0.460 e. The number of nitrogens with zero attached hydrogens (tertiary/aromatic N) is 2. The molecule has 2 heterocycles. The van der Waals surface area contributed by atoms with Crippen molar-refractivity contribution in [2.75, 3.05) is 6.61 Å². The van der Waals surface area contributed by atoms with Crippen molar-refractivity contribution in [2.24, 2.45) is 0 Å². The van der Waals surface area contributed by atoms with Gasteiger partial charge in [0.15, 0.2) is 0 Å². The second-order valence-corrected chi connectivity index (χ2v) is 7.54. The van der Waals surface area contributed by atoms with Crippen LogP contribution in [-0.2, 0) is 17.6 Å². The summed E-state index contributed by atoms with van der Waals surface area (Å²) in [6, 6.07) is 26.4. The number of benzene rings is 2. The van der Waals surface area contributed by atoms with Crippen LogP contribution in [0.3, 0.4) is 0 Å². The molecule has 4 aromatic rings. The molecular weight excluding hydrogens is 384 g/mol. The quantitative estimate of drug-likeness (QED) is 0.354. The van der Waals surface area contributed by atoms with Crippen molar-refractivity contribution in [3.8, 4) is 28.2 Å². The number of carbonyl (C=O) groups is 1. The van der Waals surface area contributed by atoms with Crippen molar-refractivity contribution in [1.29, 1.82) is 0 Å². The summed E-state index contributed by atoms with van der Waals surface area (Å²) < 4.78 is 7.44. The van der Waals surface area contributed by atoms with E-state index in [2.05, 4.69) is 41.4 Å². The molecule has 0 fully saturated rings. The van der Waals surface area contributed by atoms with Crippen molar-refractivity contribution < 1.29 is 14.1 Å². The molecule has 0 bridgehead atoms. The predicted molar refractivity (Wildman–Crippen MR) is 120 cm³/mol. The molecule has 2 aromatic carbocycles. The van der Waals surface area contributed by atoms with Crippen LogP contribution in [0.25, 0.3) is 28.2 Å². The minimum absolute atomic E-state index is 0.315. The summed E-state index contributed by atoms with van der Waals surface area (Å²) in [6.45, 7) is 2.14. The minimum Gasteiger partial charge on any atom is -0.460 e. The Morgan fingerprint density at radius 3 is 2.48 bits per heavy atom. The van der Waals surface area contributed by atoms with Gasteiger partial charge in [-0.2, -0.15) is 4.57 Å². The zero-order valence-electron chi connectivity index (χ0n) is 17.4. The third kappa shape index (κ3) is 3.40. The van der Waals surface area contributed by atoms with Gasteiger partial charge in [-0.05, 0) is 47.5 Å². The molecule has 0 saturated carbocycles. The topological polar surface area (TPSA) is 43.1 Å². The van der Waals surface area contributed by atoms with Gasteiger partial charge in [0.05, 0.1) is 6.61 Å². The second-order valence-electron chi connectivity index (χ2n) is 7.54. The van der Waals surface area contributed by atoms with E-state index in [0.717, 1.165) is 35.2 Å². The van der Waals surface area contributed by atoms with E-state index in [9.17, 15) is 4.79 Å². The third-order valence-corrected chi connectivity index (χ3v) is 5.72. The van der Waals surface area contributed by atoms with Gasteiger partial charge < -0.3 is 4.74 Å². The average molecular weight is 407 g/mol. The number of pyridine rings is 2. The number of rotatable bonds is 4. The van der Waals surface area contributed by atoms with Crippen molar-refractivity contribution in [2.45, 2.75) is 19.8 Å². The molecule has 0 spiro atoms. The van der Waals surface area contributed by atoms with Crippen LogP contribution < -0.4 is 4.57 Å². The fourth-order valence-electron chi connectivity index (χ4n) is 4.39. The van der Waals surface area contributed by atoms with Crippen LogP contribution in [-0.4, -0.2) is 17.6 Å². The van der Waals surface area contributed by atoms with Crippen LogP contribution in [0.1, 0.15) is 28.5 Å². The minimum atomic E-state index is -0.351. The number of fused-ring (bicyclic) bond motifs is 3. The average Bonchev–Trinajstić information content (AvgIpc) is 2.84. The van der Waals surface area contributed by atoms with E-state index in [0.29, 0.717) is 18.1 Å². The van der Waals surface area contributed by atoms with Crippen molar-refractivity contribution in [3.63, 3.8) is 0 Å². The molecule has 0 saturated heterocycles. The first-order valence-electron chi connectivity index (χ1n) is 10.6. The fraction of sp³-hybridized carbons (Fsp3) is 0.148. The molecule has 0 radical (unpaired) electrons. The number of ether oxygens (including phenoxy) is 1. The summed E-state index contributed by atoms with van der Waals surface area (Å²) in [4.78, 5) is 17.7. The van der Waals surface area contributed by atoms with Gasteiger partial charge in [-0.3, -0.25) is 0 Å². The predicted octanol–water partition coefficient (Wildman–Crippen LogP) is 4.97. The molecule has 2 aromatic heterocycles. The molecule has 31 heavy (non-hydrogen) atoms. The molecule has 1 aliphatic rings. The van der Waals surface area contributed by atoms with Gasteiger partial charge in [-0.1, -0.05) is 60.7 Å². The Labute approximate surface area is 181 Å². The maximum atomic E-state index is 13.1. The highest BCUT2D eigenvalue weighted by Crippen LogP contribution is 2.38. The monoisotopic (exact) mass is 407 g/mol. The first-order chi connectivity index (χ1) is 15.3. The van der Waals surface area contributed by atoms with E-state index in [1.807, 2.05) is 54.0 Å². The zero-order valence-corrected chi connectivity index (χ0v) is 17.4. The van der Waals surface area contributed by atoms with Gasteiger partial charge in [-0.25, -0.2) is 4.79 Å². The lowest BCUT2D eigenvalue weighted by Crippen LogP contribution is -2.43. The molecule has 4 heteroatoms. The molecule has 0 aliphatic heterocycles. The molecule has 0 unspecified atom stereocenters. The van der Waals surface area contributed by atoms with E-state index in [1.54, 1.807) is 6.20 Å². The van der Waals surface area contributed by atoms with E-state index in [1.165, 1.54) is 11.1 Å². The van der Waals surface area contributed by atoms with Crippen molar-refractivity contribution in [1.82, 2.24) is 4.98 Å². The molecular formula is C27H23N2O2+. The van der Waals surface area contributed by atoms with E-state index >= 15 is 0 Å². The Kier molecular flexibility index (Phi) is 5.04. The van der Waals surface area contributed by atoms with Crippen LogP contribution in [0.15, 0.2) is 85.1 Å². The normalized spacial score (nSPS) is 12.0. The highest BCUT2D eigenvalue weighted by atomic mass is 16.5. The van der Waals surface area contributed by atoms with Crippen LogP contribution in [0.5, 0.6) is 0 Å². The zero-order chi connectivity index (χ0) is 21.2. The molecule has 1 aliphatic carbocycles. The number of aromatic nitrogens is 2. The number of hydrogen-bond donors (Lipinski definition) is 0. The van der Waals surface area contributed by atoms with Gasteiger partial charge >= 0.3 is 11.8 Å². The maximum Gasteiger partial charge on any atom is 0.378 e. The molecule has 4 nitrogen and oxygen atoms in total. The first kappa shape index (κ1) is 19.2. The molecule has 152 valence electrons. The highest BCUT2D eigenvalue weighted by Gasteiger charge is 2.33. The lowest BCUT2D eigenvalue weighted by Gasteiger charge is -2.24. The SMILES string of the molecule is CCOC(=O)c1cc(-c2ccccc2)c2c([n+]1-c1ccccn1)-c1ccccc1CC2. The number of hydrogen-bond acceptors (Lipinski definition) is 3. The Morgan fingerprint density at radius 1 is 0.935 bits per heavy atom. The lowest BCUT2D eigenvalue weighted by atomic mass is 9.84. The first-order valence-corrected chi connectivity index (χ1v) is 10.6. The van der Waals surface area contributed by atoms with Crippen LogP contribution in [0.2, 0.25) is 0 Å². The fourth-order valence-corrected chi connectivity index (χ4v) is 4.39. The Hall–Kier alpha value is -3.79. The summed E-state index contributed by atoms with van der Waals surface area (Å²) >= 11 is 0. The Morgan fingerprint density at radius 2 is 1.71 bits per heavy atom. The summed E-state index contributed by atoms with van der Waals surface area (Å²) in [5.41, 5.74) is 7.30. The molecule has 0 N–H and O–H groups in total. The number of esters is 1. The summed E-state index contributed by atoms with van der Waals surface area (Å²) in [6.07, 6.45) is 3.61. The van der Waals surface area contributed by atoms with Crippen LogP contribution in [0, 0.1) is 0 Å². The van der Waals surface area contributed by atoms with E-state index in [-0.39, 0.29) is 5.97 Å². The van der Waals surface area contributed by atoms with Gasteiger partial charge in [0.2, 0.25) is 5.69 Å². The van der Waals surface area contributed by atoms with Gasteiger partial charge in [0.25, 0.3) is 0 Å².